The van der Waals surface area contributed by atoms with E-state index < -0.39 is 28.2 Å². The molecule has 44 heavy (non-hydrogen) atoms. The highest BCUT2D eigenvalue weighted by molar-refractivity contribution is 8.00. The van der Waals surface area contributed by atoms with Crippen molar-refractivity contribution in [2.24, 2.45) is 0 Å². The van der Waals surface area contributed by atoms with E-state index in [1.54, 1.807) is 49.6 Å². The van der Waals surface area contributed by atoms with Crippen LogP contribution in [0.25, 0.3) is 6.08 Å². The first kappa shape index (κ1) is 30.8. The highest BCUT2D eigenvalue weighted by Crippen LogP contribution is 2.41. The van der Waals surface area contributed by atoms with Crippen LogP contribution in [-0.2, 0) is 38.0 Å². The smallest absolute Gasteiger partial charge is 0.355 e. The Morgan fingerprint density at radius 3 is 2.48 bits per heavy atom. The van der Waals surface area contributed by atoms with Crippen LogP contribution >= 0.6 is 23.4 Å². The van der Waals surface area contributed by atoms with Gasteiger partial charge >= 0.3 is 5.97 Å². The van der Waals surface area contributed by atoms with Gasteiger partial charge in [0.25, 0.3) is 11.6 Å². The Balaban J connectivity index is 1.40. The first-order chi connectivity index (χ1) is 21.3. The quantitative estimate of drug-likeness (QED) is 0.103. The number of rotatable bonds is 11. The van der Waals surface area contributed by atoms with Gasteiger partial charge in [-0.2, -0.15) is 0 Å². The minimum atomic E-state index is -0.810. The topological polar surface area (TPSA) is 128 Å². The maximum Gasteiger partial charge on any atom is 0.355 e. The fraction of sp³-hybridized carbons (Fsp3) is 0.219. The number of hydrogen-bond donors (Lipinski definition) is 1. The number of benzene rings is 3. The molecule has 226 valence electrons. The number of nitro benzene ring substituents is 1. The standard InChI is InChI=1S/C32H28ClN3O7S/c1-42-25-13-8-21(9-14-25)18-43-32(39)29-24(12-11-23-10-7-22(17-33)15-26(23)36(40)41)19-44-31-28(30(38)35(29)31)34-27(37)16-20-5-3-2-4-6-20/h2-15,28,31H,16-19H2,1H3,(H,34,37)/b12-11+. The molecule has 1 fully saturated rings. The summed E-state index contributed by atoms with van der Waals surface area (Å²) in [5.41, 5.74) is 2.81. The molecule has 1 N–H and O–H groups in total. The second-order valence-corrected chi connectivity index (χ2v) is 11.4. The number of β-lactam (4-membered cyclic amide) rings is 1. The number of fused-ring (bicyclic) bond motifs is 1. The van der Waals surface area contributed by atoms with Crippen LogP contribution in [0.1, 0.15) is 22.3 Å². The van der Waals surface area contributed by atoms with E-state index in [1.165, 1.54) is 28.8 Å². The highest BCUT2D eigenvalue weighted by atomic mass is 35.5. The van der Waals surface area contributed by atoms with Gasteiger partial charge in [-0.1, -0.05) is 54.6 Å². The third kappa shape index (κ3) is 6.79. The summed E-state index contributed by atoms with van der Waals surface area (Å²) >= 11 is 7.24. The van der Waals surface area contributed by atoms with Crippen molar-refractivity contribution in [3.8, 4) is 5.75 Å². The number of thioether (sulfide) groups is 1. The minimum Gasteiger partial charge on any atom is -0.497 e. The predicted molar refractivity (Wildman–Crippen MR) is 167 cm³/mol. The zero-order chi connectivity index (χ0) is 31.2. The zero-order valence-electron chi connectivity index (χ0n) is 23.6. The molecule has 2 heterocycles. The Morgan fingerprint density at radius 1 is 1.07 bits per heavy atom. The van der Waals surface area contributed by atoms with Gasteiger partial charge in [0, 0.05) is 17.7 Å². The second-order valence-electron chi connectivity index (χ2n) is 10.0. The third-order valence-electron chi connectivity index (χ3n) is 7.15. The lowest BCUT2D eigenvalue weighted by Crippen LogP contribution is -2.70. The fourth-order valence-corrected chi connectivity index (χ4v) is 6.35. The maximum atomic E-state index is 13.5. The fourth-order valence-electron chi connectivity index (χ4n) is 4.87. The number of amides is 2. The van der Waals surface area contributed by atoms with E-state index in [9.17, 15) is 24.5 Å². The van der Waals surface area contributed by atoms with Crippen molar-refractivity contribution in [1.29, 1.82) is 0 Å². The normalized spacial score (nSPS) is 17.6. The number of esters is 1. The summed E-state index contributed by atoms with van der Waals surface area (Å²) in [5, 5.41) is 14.0. The Labute approximate surface area is 262 Å². The van der Waals surface area contributed by atoms with Gasteiger partial charge in [0.05, 0.1) is 24.0 Å². The van der Waals surface area contributed by atoms with E-state index in [-0.39, 0.29) is 36.2 Å². The van der Waals surface area contributed by atoms with Crippen molar-refractivity contribution in [2.75, 3.05) is 12.9 Å². The molecular weight excluding hydrogens is 606 g/mol. The summed E-state index contributed by atoms with van der Waals surface area (Å²) in [5.74, 6) is -0.388. The van der Waals surface area contributed by atoms with Crippen LogP contribution in [0.15, 0.2) is 90.1 Å². The minimum absolute atomic E-state index is 0.0390. The van der Waals surface area contributed by atoms with Gasteiger partial charge < -0.3 is 14.8 Å². The van der Waals surface area contributed by atoms with Gasteiger partial charge in [-0.3, -0.25) is 24.6 Å². The van der Waals surface area contributed by atoms with Gasteiger partial charge in [0.2, 0.25) is 5.91 Å². The predicted octanol–water partition coefficient (Wildman–Crippen LogP) is 5.00. The van der Waals surface area contributed by atoms with Gasteiger partial charge in [-0.25, -0.2) is 4.79 Å². The number of methoxy groups -OCH3 is 1. The molecule has 2 unspecified atom stereocenters. The molecule has 1 saturated heterocycles. The van der Waals surface area contributed by atoms with E-state index in [0.717, 1.165) is 11.1 Å². The Morgan fingerprint density at radius 2 is 1.80 bits per heavy atom. The summed E-state index contributed by atoms with van der Waals surface area (Å²) in [6, 6.07) is 20.1. The van der Waals surface area contributed by atoms with E-state index in [2.05, 4.69) is 5.32 Å². The Bertz CT molecular complexity index is 1640. The molecule has 0 bridgehead atoms. The Kier molecular flexibility index (Phi) is 9.66. The number of nitro groups is 1. The first-order valence-electron chi connectivity index (χ1n) is 13.6. The lowest BCUT2D eigenvalue weighted by Gasteiger charge is -2.49. The molecule has 5 rings (SSSR count). The number of allylic oxidation sites excluding steroid dienone is 1. The van der Waals surface area contributed by atoms with Crippen LogP contribution in [0.3, 0.4) is 0 Å². The van der Waals surface area contributed by atoms with E-state index in [0.29, 0.717) is 28.2 Å². The van der Waals surface area contributed by atoms with E-state index in [4.69, 9.17) is 21.1 Å². The maximum absolute atomic E-state index is 13.5. The number of carbonyl (C=O) groups is 3. The van der Waals surface area contributed by atoms with Crippen molar-refractivity contribution >= 4 is 52.9 Å². The lowest BCUT2D eigenvalue weighted by atomic mass is 10.0. The van der Waals surface area contributed by atoms with Gasteiger partial charge in [0.15, 0.2) is 0 Å². The molecule has 2 amide bonds. The number of halogens is 1. The van der Waals surface area contributed by atoms with Crippen molar-refractivity contribution in [2.45, 2.75) is 30.3 Å². The lowest BCUT2D eigenvalue weighted by molar-refractivity contribution is -0.385. The van der Waals surface area contributed by atoms with Crippen LogP contribution in [0, 0.1) is 10.1 Å². The highest BCUT2D eigenvalue weighted by Gasteiger charge is 2.54. The molecule has 0 aliphatic carbocycles. The third-order valence-corrected chi connectivity index (χ3v) is 8.76. The number of nitrogens with one attached hydrogen (secondary N) is 1. The molecule has 2 aliphatic heterocycles. The molecule has 3 aromatic rings. The summed E-state index contributed by atoms with van der Waals surface area (Å²) in [4.78, 5) is 52.2. The number of carbonyl (C=O) groups excluding carboxylic acids is 3. The van der Waals surface area contributed by atoms with Crippen molar-refractivity contribution < 1.29 is 28.8 Å². The zero-order valence-corrected chi connectivity index (χ0v) is 25.2. The average molecular weight is 634 g/mol. The number of ether oxygens (including phenoxy) is 2. The first-order valence-corrected chi connectivity index (χ1v) is 15.2. The van der Waals surface area contributed by atoms with Crippen LogP contribution in [0.2, 0.25) is 0 Å². The van der Waals surface area contributed by atoms with Crippen molar-refractivity contribution in [1.82, 2.24) is 10.2 Å². The molecule has 12 heteroatoms. The average Bonchev–Trinajstić information content (AvgIpc) is 3.05. The van der Waals surface area contributed by atoms with Gasteiger partial charge in [0.1, 0.15) is 29.5 Å². The van der Waals surface area contributed by atoms with Crippen LogP contribution in [0.4, 0.5) is 5.69 Å². The molecule has 2 atom stereocenters. The van der Waals surface area contributed by atoms with E-state index in [1.807, 2.05) is 30.3 Å². The molecule has 0 saturated carbocycles. The van der Waals surface area contributed by atoms with Crippen molar-refractivity contribution in [3.05, 3.63) is 123 Å². The van der Waals surface area contributed by atoms with Gasteiger partial charge in [-0.15, -0.1) is 23.4 Å². The molecule has 0 spiro atoms. The summed E-state index contributed by atoms with van der Waals surface area (Å²) in [6.07, 6.45) is 3.24. The van der Waals surface area contributed by atoms with E-state index >= 15 is 0 Å². The van der Waals surface area contributed by atoms with Crippen LogP contribution in [-0.4, -0.2) is 51.9 Å². The molecule has 0 aromatic heterocycles. The summed E-state index contributed by atoms with van der Waals surface area (Å²) in [7, 11) is 1.55. The number of alkyl halides is 1. The molecule has 2 aliphatic rings. The molecule has 3 aromatic carbocycles. The molecular formula is C32H28ClN3O7S. The number of hydrogen-bond acceptors (Lipinski definition) is 8. The summed E-state index contributed by atoms with van der Waals surface area (Å²) in [6.45, 7) is -0.0498. The second kappa shape index (κ2) is 13.8. The SMILES string of the molecule is COc1ccc(COC(=O)C2=C(/C=C/c3ccc(CCl)cc3[N+](=O)[O-])CSC3C(NC(=O)Cc4ccccc4)C(=O)N23)cc1. The van der Waals surface area contributed by atoms with Crippen molar-refractivity contribution in [3.63, 3.8) is 0 Å². The monoisotopic (exact) mass is 633 g/mol. The van der Waals surface area contributed by atoms with Gasteiger partial charge in [-0.05, 0) is 46.5 Å². The number of nitrogens with zero attached hydrogens (tertiary/aromatic N) is 2. The molecule has 10 nitrogen and oxygen atoms in total. The summed E-state index contributed by atoms with van der Waals surface area (Å²) < 4.78 is 10.8. The molecule has 0 radical (unpaired) electrons. The Hall–Kier alpha value is -4.61. The van der Waals surface area contributed by atoms with Crippen LogP contribution < -0.4 is 10.1 Å². The largest absolute Gasteiger partial charge is 0.497 e. The van der Waals surface area contributed by atoms with Crippen LogP contribution in [0.5, 0.6) is 5.75 Å².